The van der Waals surface area contributed by atoms with Crippen molar-refractivity contribution in [2.24, 2.45) is 0 Å². The molecule has 4 heteroatoms. The summed E-state index contributed by atoms with van der Waals surface area (Å²) in [5, 5.41) is 10.6. The Morgan fingerprint density at radius 2 is 1.95 bits per heavy atom. The molecule has 1 fully saturated rings. The molecule has 1 aliphatic heterocycles. The lowest BCUT2D eigenvalue weighted by Gasteiger charge is -2.45. The molecule has 20 heavy (non-hydrogen) atoms. The van der Waals surface area contributed by atoms with Gasteiger partial charge in [-0.05, 0) is 56.8 Å². The van der Waals surface area contributed by atoms with Crippen molar-refractivity contribution < 1.29 is 14.3 Å². The molecule has 0 bridgehead atoms. The Balaban J connectivity index is 2.03. The van der Waals surface area contributed by atoms with E-state index in [4.69, 9.17) is 9.16 Å². The number of rotatable bonds is 3. The van der Waals surface area contributed by atoms with Gasteiger partial charge in [0.2, 0.25) is 0 Å². The molecule has 1 aliphatic carbocycles. The van der Waals surface area contributed by atoms with Crippen LogP contribution in [0.15, 0.2) is 11.8 Å². The first kappa shape index (κ1) is 16.1. The van der Waals surface area contributed by atoms with Crippen LogP contribution in [-0.4, -0.2) is 31.2 Å². The van der Waals surface area contributed by atoms with Crippen LogP contribution in [0.2, 0.25) is 18.1 Å². The van der Waals surface area contributed by atoms with Crippen molar-refractivity contribution in [2.45, 2.75) is 89.3 Å². The van der Waals surface area contributed by atoms with E-state index in [2.05, 4.69) is 46.9 Å². The zero-order chi connectivity index (χ0) is 15.2. The maximum Gasteiger partial charge on any atom is 0.192 e. The molecule has 0 aromatic heterocycles. The highest BCUT2D eigenvalue weighted by Gasteiger charge is 2.45. The van der Waals surface area contributed by atoms with E-state index in [0.29, 0.717) is 0 Å². The van der Waals surface area contributed by atoms with Crippen LogP contribution >= 0.6 is 0 Å². The minimum Gasteiger partial charge on any atom is -0.490 e. The number of hydrogen-bond acceptors (Lipinski definition) is 3. The van der Waals surface area contributed by atoms with E-state index < -0.39 is 13.9 Å². The Hall–Kier alpha value is -0.323. The zero-order valence-corrected chi connectivity index (χ0v) is 14.8. The molecule has 2 atom stereocenters. The average Bonchev–Trinajstić information content (AvgIpc) is 2.27. The fourth-order valence-electron chi connectivity index (χ4n) is 2.50. The van der Waals surface area contributed by atoms with Crippen LogP contribution in [0.3, 0.4) is 0 Å². The Bertz CT molecular complexity index is 391. The average molecular weight is 298 g/mol. The molecular weight excluding hydrogens is 268 g/mol. The molecule has 2 rings (SSSR count). The lowest BCUT2D eigenvalue weighted by molar-refractivity contribution is -0.0886. The van der Waals surface area contributed by atoms with Crippen molar-refractivity contribution in [3.63, 3.8) is 0 Å². The van der Waals surface area contributed by atoms with Gasteiger partial charge >= 0.3 is 0 Å². The standard InChI is InChI=1S/C16H30O3Si/c1-12-13(19-20(5,6)15(2,3)4)8-9-14(18-12)16(17)10-7-11-16/h9,12-13,17H,7-8,10-11H2,1-6H3/t12-,13+/m0/s1. The van der Waals surface area contributed by atoms with Gasteiger partial charge in [-0.25, -0.2) is 0 Å². The second-order valence-electron chi connectivity index (χ2n) is 7.93. The van der Waals surface area contributed by atoms with E-state index in [9.17, 15) is 5.11 Å². The smallest absolute Gasteiger partial charge is 0.192 e. The van der Waals surface area contributed by atoms with Crippen molar-refractivity contribution in [2.75, 3.05) is 0 Å². The SMILES string of the molecule is C[C@@H]1OC(C2(O)CCC2)=CC[C@H]1O[Si](C)(C)C(C)(C)C. The highest BCUT2D eigenvalue weighted by molar-refractivity contribution is 6.74. The molecule has 116 valence electrons. The lowest BCUT2D eigenvalue weighted by atomic mass is 9.77. The van der Waals surface area contributed by atoms with Crippen molar-refractivity contribution in [1.29, 1.82) is 0 Å². The molecular formula is C16H30O3Si. The molecule has 1 N–H and O–H groups in total. The highest BCUT2D eigenvalue weighted by Crippen LogP contribution is 2.43. The molecule has 0 radical (unpaired) electrons. The summed E-state index contributed by atoms with van der Waals surface area (Å²) in [5.41, 5.74) is -0.684. The van der Waals surface area contributed by atoms with Crippen LogP contribution in [0.5, 0.6) is 0 Å². The largest absolute Gasteiger partial charge is 0.490 e. The van der Waals surface area contributed by atoms with Crippen molar-refractivity contribution >= 4 is 8.32 Å². The molecule has 0 amide bonds. The van der Waals surface area contributed by atoms with Gasteiger partial charge in [0.05, 0.1) is 6.10 Å². The van der Waals surface area contributed by atoms with Crippen LogP contribution in [0.25, 0.3) is 0 Å². The molecule has 1 saturated carbocycles. The molecule has 0 aromatic rings. The van der Waals surface area contributed by atoms with Gasteiger partial charge in [-0.3, -0.25) is 0 Å². The van der Waals surface area contributed by atoms with E-state index in [-0.39, 0.29) is 17.2 Å². The summed E-state index contributed by atoms with van der Waals surface area (Å²) in [5.74, 6) is 0.784. The number of hydrogen-bond donors (Lipinski definition) is 1. The van der Waals surface area contributed by atoms with Gasteiger partial charge in [-0.1, -0.05) is 20.8 Å². The van der Waals surface area contributed by atoms with Crippen molar-refractivity contribution in [3.05, 3.63) is 11.8 Å². The second kappa shape index (κ2) is 5.15. The van der Waals surface area contributed by atoms with Crippen molar-refractivity contribution in [1.82, 2.24) is 0 Å². The quantitative estimate of drug-likeness (QED) is 0.801. The van der Waals surface area contributed by atoms with E-state index in [1.165, 1.54) is 0 Å². The van der Waals surface area contributed by atoms with Crippen LogP contribution in [0.4, 0.5) is 0 Å². The molecule has 0 saturated heterocycles. The predicted molar refractivity (Wildman–Crippen MR) is 84.1 cm³/mol. The summed E-state index contributed by atoms with van der Waals surface area (Å²) in [6, 6.07) is 0. The summed E-state index contributed by atoms with van der Waals surface area (Å²) < 4.78 is 12.4. The molecule has 0 aromatic carbocycles. The van der Waals surface area contributed by atoms with Crippen LogP contribution in [0, 0.1) is 0 Å². The fraction of sp³-hybridized carbons (Fsp3) is 0.875. The lowest BCUT2D eigenvalue weighted by Crippen LogP contribution is -2.49. The Morgan fingerprint density at radius 3 is 2.35 bits per heavy atom. The van der Waals surface area contributed by atoms with E-state index in [0.717, 1.165) is 31.4 Å². The zero-order valence-electron chi connectivity index (χ0n) is 13.8. The molecule has 0 unspecified atom stereocenters. The molecule has 2 aliphatic rings. The minimum atomic E-state index is -1.77. The second-order valence-corrected chi connectivity index (χ2v) is 12.7. The third-order valence-electron chi connectivity index (χ3n) is 5.26. The Labute approximate surface area is 124 Å². The van der Waals surface area contributed by atoms with E-state index >= 15 is 0 Å². The van der Waals surface area contributed by atoms with E-state index in [1.807, 2.05) is 0 Å². The van der Waals surface area contributed by atoms with Gasteiger partial charge in [0.1, 0.15) is 17.5 Å². The molecule has 3 nitrogen and oxygen atoms in total. The first-order chi connectivity index (χ1) is 9.05. The van der Waals surface area contributed by atoms with Gasteiger partial charge in [0.25, 0.3) is 0 Å². The summed E-state index contributed by atoms with van der Waals surface area (Å²) in [6.45, 7) is 13.4. The number of aliphatic hydroxyl groups is 1. The summed E-state index contributed by atoms with van der Waals surface area (Å²) in [4.78, 5) is 0. The summed E-state index contributed by atoms with van der Waals surface area (Å²) in [7, 11) is -1.77. The molecule has 0 spiro atoms. The van der Waals surface area contributed by atoms with Gasteiger partial charge < -0.3 is 14.3 Å². The van der Waals surface area contributed by atoms with Gasteiger partial charge in [-0.15, -0.1) is 0 Å². The predicted octanol–water partition coefficient (Wildman–Crippen LogP) is 3.98. The maximum atomic E-state index is 10.4. The third kappa shape index (κ3) is 2.97. The van der Waals surface area contributed by atoms with Gasteiger partial charge in [0, 0.05) is 0 Å². The fourth-order valence-corrected chi connectivity index (χ4v) is 3.89. The molecule has 1 heterocycles. The topological polar surface area (TPSA) is 38.7 Å². The highest BCUT2D eigenvalue weighted by atomic mass is 28.4. The minimum absolute atomic E-state index is 0.0220. The van der Waals surface area contributed by atoms with Crippen LogP contribution < -0.4 is 0 Å². The van der Waals surface area contributed by atoms with Crippen LogP contribution in [-0.2, 0) is 9.16 Å². The maximum absolute atomic E-state index is 10.4. The summed E-state index contributed by atoms with van der Waals surface area (Å²) in [6.07, 6.45) is 5.80. The monoisotopic (exact) mass is 298 g/mol. The Morgan fingerprint density at radius 1 is 1.35 bits per heavy atom. The van der Waals surface area contributed by atoms with Crippen LogP contribution in [0.1, 0.15) is 53.4 Å². The first-order valence-electron chi connectivity index (χ1n) is 7.83. The first-order valence-corrected chi connectivity index (χ1v) is 10.7. The van der Waals surface area contributed by atoms with Gasteiger partial charge in [-0.2, -0.15) is 0 Å². The third-order valence-corrected chi connectivity index (χ3v) is 9.77. The Kier molecular flexibility index (Phi) is 4.13. The number of ether oxygens (including phenoxy) is 1. The normalized spacial score (nSPS) is 30.2. The van der Waals surface area contributed by atoms with Gasteiger partial charge in [0.15, 0.2) is 8.32 Å². The van der Waals surface area contributed by atoms with Crippen molar-refractivity contribution in [3.8, 4) is 0 Å². The van der Waals surface area contributed by atoms with E-state index in [1.54, 1.807) is 0 Å². The summed E-state index contributed by atoms with van der Waals surface area (Å²) >= 11 is 0.